The zero-order valence-corrected chi connectivity index (χ0v) is 13.4. The maximum atomic E-state index is 12.6. The second kappa shape index (κ2) is 7.05. The number of carbonyl (C=O) groups excluding carboxylic acids is 1. The van der Waals surface area contributed by atoms with Crippen LogP contribution < -0.4 is 19.5 Å². The van der Waals surface area contributed by atoms with Crippen molar-refractivity contribution in [2.75, 3.05) is 21.3 Å². The zero-order valence-electron chi connectivity index (χ0n) is 12.5. The van der Waals surface area contributed by atoms with Crippen LogP contribution in [0, 0.1) is 0 Å². The molecule has 0 radical (unpaired) electrons. The summed E-state index contributed by atoms with van der Waals surface area (Å²) in [5.41, 5.74) is -0.348. The Labute approximate surface area is 129 Å². The molecule has 1 unspecified atom stereocenters. The second-order valence-electron chi connectivity index (χ2n) is 4.34. The second-order valence-corrected chi connectivity index (χ2v) is 5.85. The Kier molecular flexibility index (Phi) is 5.12. The summed E-state index contributed by atoms with van der Waals surface area (Å²) in [6.07, 6.45) is 0. The molecule has 22 heavy (non-hydrogen) atoms. The van der Waals surface area contributed by atoms with Crippen molar-refractivity contribution in [1.29, 1.82) is 0 Å². The van der Waals surface area contributed by atoms with Gasteiger partial charge in [0.05, 0.1) is 21.3 Å². The van der Waals surface area contributed by atoms with Crippen LogP contribution >= 0.6 is 7.80 Å². The summed E-state index contributed by atoms with van der Waals surface area (Å²) >= 11 is 0. The summed E-state index contributed by atoms with van der Waals surface area (Å²) < 4.78 is 27.9. The smallest absolute Gasteiger partial charge is 0.458 e. The first-order valence-corrected chi connectivity index (χ1v) is 7.75. The van der Waals surface area contributed by atoms with Crippen LogP contribution in [0.25, 0.3) is 0 Å². The summed E-state index contributed by atoms with van der Waals surface area (Å²) in [6, 6.07) is 11.5. The van der Waals surface area contributed by atoms with E-state index in [2.05, 4.69) is 0 Å². The minimum absolute atomic E-state index is 0.185. The van der Waals surface area contributed by atoms with Gasteiger partial charge in [-0.05, 0) is 36.4 Å². The van der Waals surface area contributed by atoms with Gasteiger partial charge in [0.2, 0.25) is 0 Å². The lowest BCUT2D eigenvalue weighted by molar-refractivity contribution is 0.107. The molecule has 0 saturated carbocycles. The van der Waals surface area contributed by atoms with Gasteiger partial charge < -0.3 is 14.2 Å². The molecule has 2 aromatic rings. The van der Waals surface area contributed by atoms with Crippen molar-refractivity contribution < 1.29 is 23.6 Å². The van der Waals surface area contributed by atoms with Crippen LogP contribution in [0.2, 0.25) is 0 Å². The topological polar surface area (TPSA) is 61.8 Å². The fourth-order valence-electron chi connectivity index (χ4n) is 2.00. The Balaban J connectivity index is 2.40. The van der Waals surface area contributed by atoms with E-state index < -0.39 is 13.3 Å². The molecule has 0 aliphatic heterocycles. The Morgan fingerprint density at radius 3 is 1.86 bits per heavy atom. The minimum Gasteiger partial charge on any atom is -0.497 e. The number of ether oxygens (including phenoxy) is 3. The van der Waals surface area contributed by atoms with Crippen molar-refractivity contribution >= 4 is 18.6 Å². The molecule has 0 heterocycles. The fraction of sp³-hybridized carbons (Fsp3) is 0.188. The van der Waals surface area contributed by atoms with E-state index in [0.29, 0.717) is 22.6 Å². The Morgan fingerprint density at radius 1 is 0.864 bits per heavy atom. The minimum atomic E-state index is -2.28. The van der Waals surface area contributed by atoms with Crippen molar-refractivity contribution in [1.82, 2.24) is 0 Å². The van der Waals surface area contributed by atoms with Crippen LogP contribution in [-0.4, -0.2) is 26.9 Å². The van der Waals surface area contributed by atoms with E-state index in [9.17, 15) is 9.36 Å². The third-order valence-corrected chi connectivity index (χ3v) is 4.49. The van der Waals surface area contributed by atoms with Crippen LogP contribution in [0.5, 0.6) is 17.2 Å². The summed E-state index contributed by atoms with van der Waals surface area (Å²) in [5.74, 6) is 1.30. The molecule has 5 nitrogen and oxygen atoms in total. The monoisotopic (exact) mass is 319 g/mol. The van der Waals surface area contributed by atoms with E-state index in [4.69, 9.17) is 14.2 Å². The molecule has 0 amide bonds. The first-order valence-electron chi connectivity index (χ1n) is 6.49. The molecule has 0 bridgehead atoms. The number of hydrogen-bond acceptors (Lipinski definition) is 5. The number of hydrogen-bond donors (Lipinski definition) is 0. The molecule has 2 aromatic carbocycles. The van der Waals surface area contributed by atoms with Gasteiger partial charge in [-0.15, -0.1) is 0 Å². The van der Waals surface area contributed by atoms with E-state index in [-0.39, 0.29) is 5.56 Å². The third kappa shape index (κ3) is 3.10. The van der Waals surface area contributed by atoms with Crippen LogP contribution in [0.4, 0.5) is 0 Å². The van der Waals surface area contributed by atoms with E-state index in [0.717, 1.165) is 0 Å². The highest BCUT2D eigenvalue weighted by Gasteiger charge is 2.37. The standard InChI is InChI=1S/C16H16O5P/c1-19-11-7-9-12(10-8-11)22(18)16(17)15-13(20-2)5-4-6-14(15)21-3/h4-10H,1-3H3/q+1. The van der Waals surface area contributed by atoms with Crippen molar-refractivity contribution in [3.63, 3.8) is 0 Å². The highest BCUT2D eigenvalue weighted by atomic mass is 31.1. The SMILES string of the molecule is COc1ccc([P+](=O)C(=O)c2c(OC)cccc2OC)cc1. The first kappa shape index (κ1) is 16.0. The average Bonchev–Trinajstić information content (AvgIpc) is 2.59. The predicted molar refractivity (Wildman–Crippen MR) is 84.1 cm³/mol. The Hall–Kier alpha value is -2.39. The van der Waals surface area contributed by atoms with Gasteiger partial charge >= 0.3 is 13.3 Å². The number of rotatable bonds is 6. The lowest BCUT2D eigenvalue weighted by atomic mass is 10.2. The van der Waals surface area contributed by atoms with E-state index >= 15 is 0 Å². The summed E-state index contributed by atoms with van der Waals surface area (Å²) in [4.78, 5) is 12.6. The molecule has 6 heteroatoms. The third-order valence-electron chi connectivity index (χ3n) is 3.13. The number of benzene rings is 2. The molecule has 0 aliphatic carbocycles. The van der Waals surface area contributed by atoms with E-state index in [1.54, 1.807) is 49.6 Å². The molecule has 2 rings (SSSR count). The van der Waals surface area contributed by atoms with Crippen molar-refractivity contribution in [2.45, 2.75) is 0 Å². The van der Waals surface area contributed by atoms with Crippen LogP contribution in [0.3, 0.4) is 0 Å². The lowest BCUT2D eigenvalue weighted by Gasteiger charge is -2.07. The molecule has 0 spiro atoms. The fourth-order valence-corrected chi connectivity index (χ4v) is 3.08. The molecule has 1 atom stereocenters. The Bertz CT molecular complexity index is 672. The van der Waals surface area contributed by atoms with Gasteiger partial charge in [0.1, 0.15) is 17.2 Å². The average molecular weight is 319 g/mol. The normalized spacial score (nSPS) is 10.8. The van der Waals surface area contributed by atoms with Crippen LogP contribution in [-0.2, 0) is 4.57 Å². The van der Waals surface area contributed by atoms with Crippen molar-refractivity contribution in [3.05, 3.63) is 48.0 Å². The molecule has 0 saturated heterocycles. The van der Waals surface area contributed by atoms with E-state index in [1.807, 2.05) is 0 Å². The zero-order chi connectivity index (χ0) is 16.1. The van der Waals surface area contributed by atoms with Gasteiger partial charge in [0, 0.05) is 0 Å². The van der Waals surface area contributed by atoms with Gasteiger partial charge in [-0.2, -0.15) is 0 Å². The molecule has 0 aromatic heterocycles. The van der Waals surface area contributed by atoms with Gasteiger partial charge in [0.25, 0.3) is 0 Å². The molecular weight excluding hydrogens is 303 g/mol. The quantitative estimate of drug-likeness (QED) is 0.766. The van der Waals surface area contributed by atoms with E-state index in [1.165, 1.54) is 14.2 Å². The van der Waals surface area contributed by atoms with Gasteiger partial charge in [-0.25, -0.2) is 4.79 Å². The van der Waals surface area contributed by atoms with Gasteiger partial charge in [-0.1, -0.05) is 10.6 Å². The largest absolute Gasteiger partial charge is 0.497 e. The van der Waals surface area contributed by atoms with Gasteiger partial charge in [0.15, 0.2) is 10.9 Å². The molecule has 114 valence electrons. The van der Waals surface area contributed by atoms with Crippen molar-refractivity contribution in [2.24, 2.45) is 0 Å². The molecular formula is C16H16O5P+. The number of methoxy groups -OCH3 is 3. The molecule has 0 N–H and O–H groups in total. The number of carbonyl (C=O) groups is 1. The highest BCUT2D eigenvalue weighted by molar-refractivity contribution is 7.71. The maximum absolute atomic E-state index is 12.6. The lowest BCUT2D eigenvalue weighted by Crippen LogP contribution is -2.07. The van der Waals surface area contributed by atoms with Crippen LogP contribution in [0.15, 0.2) is 42.5 Å². The van der Waals surface area contributed by atoms with Crippen molar-refractivity contribution in [3.8, 4) is 17.2 Å². The highest BCUT2D eigenvalue weighted by Crippen LogP contribution is 2.37. The van der Waals surface area contributed by atoms with Gasteiger partial charge in [-0.3, -0.25) is 0 Å². The predicted octanol–water partition coefficient (Wildman–Crippen LogP) is 3.01. The molecule has 0 fully saturated rings. The summed E-state index contributed by atoms with van der Waals surface area (Å²) in [5, 5.41) is 0.425. The molecule has 0 aliphatic rings. The maximum Gasteiger partial charge on any atom is 0.458 e. The first-order chi connectivity index (χ1) is 10.6. The summed E-state index contributed by atoms with van der Waals surface area (Å²) in [6.45, 7) is 0. The van der Waals surface area contributed by atoms with Crippen LogP contribution in [0.1, 0.15) is 10.4 Å². The summed E-state index contributed by atoms with van der Waals surface area (Å²) in [7, 11) is 2.16. The Morgan fingerprint density at radius 2 is 1.41 bits per heavy atom.